The third-order valence-corrected chi connectivity index (χ3v) is 4.37. The normalized spacial score (nSPS) is 10.5. The maximum absolute atomic E-state index is 11.8. The number of carbonyl (C=O) groups is 2. The van der Waals surface area contributed by atoms with E-state index in [9.17, 15) is 9.59 Å². The number of benzene rings is 1. The van der Waals surface area contributed by atoms with Gasteiger partial charge < -0.3 is 14.5 Å². The predicted molar refractivity (Wildman–Crippen MR) is 93.7 cm³/mol. The SMILES string of the molecule is Cc1cc(C(=O)OCC(=O)NCCSc2ccc(Cl)cc2)c(C)o1. The summed E-state index contributed by atoms with van der Waals surface area (Å²) < 4.78 is 10.2. The first-order valence-corrected chi connectivity index (χ1v) is 8.71. The largest absolute Gasteiger partial charge is 0.466 e. The summed E-state index contributed by atoms with van der Waals surface area (Å²) in [6.07, 6.45) is 0. The van der Waals surface area contributed by atoms with E-state index in [-0.39, 0.29) is 12.5 Å². The number of amides is 1. The number of nitrogens with one attached hydrogen (secondary N) is 1. The van der Waals surface area contributed by atoms with Gasteiger partial charge in [0.15, 0.2) is 6.61 Å². The molecule has 0 spiro atoms. The van der Waals surface area contributed by atoms with E-state index in [2.05, 4.69) is 5.32 Å². The van der Waals surface area contributed by atoms with Gasteiger partial charge in [-0.3, -0.25) is 4.79 Å². The molecule has 2 aromatic rings. The summed E-state index contributed by atoms with van der Waals surface area (Å²) in [5.41, 5.74) is 0.346. The van der Waals surface area contributed by atoms with Crippen molar-refractivity contribution in [2.24, 2.45) is 0 Å². The fourth-order valence-electron chi connectivity index (χ4n) is 1.98. The molecule has 5 nitrogen and oxygen atoms in total. The number of aryl methyl sites for hydroxylation is 2. The van der Waals surface area contributed by atoms with Gasteiger partial charge in [0.2, 0.25) is 0 Å². The van der Waals surface area contributed by atoms with E-state index in [0.717, 1.165) is 4.90 Å². The number of furan rings is 1. The van der Waals surface area contributed by atoms with Crippen LogP contribution >= 0.6 is 23.4 Å². The van der Waals surface area contributed by atoms with Gasteiger partial charge in [0, 0.05) is 22.2 Å². The average molecular weight is 368 g/mol. The van der Waals surface area contributed by atoms with Crippen LogP contribution in [0.4, 0.5) is 0 Å². The van der Waals surface area contributed by atoms with Crippen LogP contribution in [0.3, 0.4) is 0 Å². The van der Waals surface area contributed by atoms with Gasteiger partial charge in [0.25, 0.3) is 5.91 Å². The summed E-state index contributed by atoms with van der Waals surface area (Å²) in [5, 5.41) is 3.40. The summed E-state index contributed by atoms with van der Waals surface area (Å²) in [4.78, 5) is 24.6. The molecule has 24 heavy (non-hydrogen) atoms. The van der Waals surface area contributed by atoms with E-state index >= 15 is 0 Å². The van der Waals surface area contributed by atoms with Crippen molar-refractivity contribution >= 4 is 35.2 Å². The van der Waals surface area contributed by atoms with Gasteiger partial charge in [-0.15, -0.1) is 11.8 Å². The van der Waals surface area contributed by atoms with Crippen molar-refractivity contribution in [3.63, 3.8) is 0 Å². The van der Waals surface area contributed by atoms with Crippen LogP contribution in [-0.4, -0.2) is 30.8 Å². The zero-order valence-corrected chi connectivity index (χ0v) is 15.0. The van der Waals surface area contributed by atoms with Crippen LogP contribution in [0.25, 0.3) is 0 Å². The highest BCUT2D eigenvalue weighted by molar-refractivity contribution is 7.99. The lowest BCUT2D eigenvalue weighted by molar-refractivity contribution is -0.124. The number of rotatable bonds is 7. The molecule has 1 N–H and O–H groups in total. The van der Waals surface area contributed by atoms with Gasteiger partial charge in [-0.05, 0) is 44.2 Å². The quantitative estimate of drug-likeness (QED) is 0.460. The second kappa shape index (κ2) is 8.80. The number of carbonyl (C=O) groups excluding carboxylic acids is 2. The van der Waals surface area contributed by atoms with Crippen molar-refractivity contribution in [2.75, 3.05) is 18.9 Å². The molecule has 0 bridgehead atoms. The van der Waals surface area contributed by atoms with Crippen molar-refractivity contribution in [3.05, 3.63) is 52.4 Å². The molecule has 0 aliphatic rings. The van der Waals surface area contributed by atoms with Gasteiger partial charge in [0.05, 0.1) is 0 Å². The first-order valence-electron chi connectivity index (χ1n) is 7.35. The first-order chi connectivity index (χ1) is 11.5. The minimum Gasteiger partial charge on any atom is -0.466 e. The van der Waals surface area contributed by atoms with Gasteiger partial charge in [-0.1, -0.05) is 11.6 Å². The molecule has 0 fully saturated rings. The summed E-state index contributed by atoms with van der Waals surface area (Å²) in [5.74, 6) is 0.926. The summed E-state index contributed by atoms with van der Waals surface area (Å²) in [6.45, 7) is 3.59. The van der Waals surface area contributed by atoms with Crippen LogP contribution in [0.1, 0.15) is 21.9 Å². The number of hydrogen-bond acceptors (Lipinski definition) is 5. The molecule has 0 aliphatic heterocycles. The highest BCUT2D eigenvalue weighted by Crippen LogP contribution is 2.19. The van der Waals surface area contributed by atoms with Gasteiger partial charge in [-0.2, -0.15) is 0 Å². The number of hydrogen-bond donors (Lipinski definition) is 1. The second-order valence-corrected chi connectivity index (χ2v) is 6.66. The standard InChI is InChI=1S/C17H18ClNO4S/c1-11-9-15(12(2)23-11)17(21)22-10-16(20)19-7-8-24-14-5-3-13(18)4-6-14/h3-6,9H,7-8,10H2,1-2H3,(H,19,20). The predicted octanol–water partition coefficient (Wildman–Crippen LogP) is 3.62. The molecule has 128 valence electrons. The number of halogens is 1. The van der Waals surface area contributed by atoms with E-state index < -0.39 is 5.97 Å². The maximum Gasteiger partial charge on any atom is 0.342 e. The molecule has 1 heterocycles. The molecular formula is C17H18ClNO4S. The lowest BCUT2D eigenvalue weighted by atomic mass is 10.2. The number of thioether (sulfide) groups is 1. The Bertz CT molecular complexity index is 712. The van der Waals surface area contributed by atoms with E-state index in [1.54, 1.807) is 31.7 Å². The van der Waals surface area contributed by atoms with E-state index in [4.69, 9.17) is 20.8 Å². The minimum atomic E-state index is -0.560. The molecule has 1 aromatic heterocycles. The highest BCUT2D eigenvalue weighted by Gasteiger charge is 2.16. The molecule has 0 saturated carbocycles. The molecule has 0 saturated heterocycles. The van der Waals surface area contributed by atoms with E-state index in [0.29, 0.717) is 34.4 Å². The lowest BCUT2D eigenvalue weighted by Crippen LogP contribution is -2.30. The molecule has 0 atom stereocenters. The zero-order chi connectivity index (χ0) is 17.5. The van der Waals surface area contributed by atoms with Crippen molar-refractivity contribution in [3.8, 4) is 0 Å². The smallest absolute Gasteiger partial charge is 0.342 e. The van der Waals surface area contributed by atoms with Gasteiger partial charge >= 0.3 is 5.97 Å². The van der Waals surface area contributed by atoms with Crippen LogP contribution in [0.5, 0.6) is 0 Å². The Hall–Kier alpha value is -1.92. The lowest BCUT2D eigenvalue weighted by Gasteiger charge is -2.06. The zero-order valence-electron chi connectivity index (χ0n) is 13.4. The van der Waals surface area contributed by atoms with Crippen molar-refractivity contribution < 1.29 is 18.7 Å². The van der Waals surface area contributed by atoms with Crippen LogP contribution in [-0.2, 0) is 9.53 Å². The Kier molecular flexibility index (Phi) is 6.75. The minimum absolute atomic E-state index is 0.311. The fraction of sp³-hybridized carbons (Fsp3) is 0.294. The highest BCUT2D eigenvalue weighted by atomic mass is 35.5. The van der Waals surface area contributed by atoms with Crippen LogP contribution in [0.15, 0.2) is 39.6 Å². The number of esters is 1. The van der Waals surface area contributed by atoms with Crippen LogP contribution in [0, 0.1) is 13.8 Å². The average Bonchev–Trinajstić information content (AvgIpc) is 2.89. The maximum atomic E-state index is 11.8. The topological polar surface area (TPSA) is 68.5 Å². The molecule has 2 rings (SSSR count). The van der Waals surface area contributed by atoms with E-state index in [1.165, 1.54) is 0 Å². The van der Waals surface area contributed by atoms with Gasteiger partial charge in [0.1, 0.15) is 17.1 Å². The van der Waals surface area contributed by atoms with Crippen molar-refractivity contribution in [2.45, 2.75) is 18.7 Å². The molecular weight excluding hydrogens is 350 g/mol. The van der Waals surface area contributed by atoms with Crippen LogP contribution in [0.2, 0.25) is 5.02 Å². The first kappa shape index (κ1) is 18.4. The Morgan fingerprint density at radius 1 is 1.25 bits per heavy atom. The van der Waals surface area contributed by atoms with Crippen molar-refractivity contribution in [1.29, 1.82) is 0 Å². The second-order valence-electron chi connectivity index (χ2n) is 5.06. The Labute approximate surface area is 149 Å². The molecule has 1 aromatic carbocycles. The molecule has 1 amide bonds. The number of ether oxygens (including phenoxy) is 1. The monoisotopic (exact) mass is 367 g/mol. The third kappa shape index (κ3) is 5.62. The van der Waals surface area contributed by atoms with Crippen molar-refractivity contribution in [1.82, 2.24) is 5.32 Å². The van der Waals surface area contributed by atoms with E-state index in [1.807, 2.05) is 24.3 Å². The molecule has 0 unspecified atom stereocenters. The Morgan fingerprint density at radius 3 is 2.58 bits per heavy atom. The summed E-state index contributed by atoms with van der Waals surface area (Å²) in [7, 11) is 0. The molecule has 0 aliphatic carbocycles. The fourth-order valence-corrected chi connectivity index (χ4v) is 2.88. The Morgan fingerprint density at radius 2 is 1.96 bits per heavy atom. The third-order valence-electron chi connectivity index (χ3n) is 3.10. The molecule has 0 radical (unpaired) electrons. The van der Waals surface area contributed by atoms with Crippen LogP contribution < -0.4 is 5.32 Å². The molecule has 7 heteroatoms. The Balaban J connectivity index is 1.65. The summed E-state index contributed by atoms with van der Waals surface area (Å²) >= 11 is 7.42. The summed E-state index contributed by atoms with van der Waals surface area (Å²) in [6, 6.07) is 9.08. The van der Waals surface area contributed by atoms with Gasteiger partial charge in [-0.25, -0.2) is 4.79 Å².